The van der Waals surface area contributed by atoms with Gasteiger partial charge >= 0.3 is 0 Å². The van der Waals surface area contributed by atoms with Gasteiger partial charge in [-0.1, -0.05) is 29.8 Å². The van der Waals surface area contributed by atoms with Gasteiger partial charge in [0.2, 0.25) is 0 Å². The number of ether oxygens (including phenoxy) is 1. The van der Waals surface area contributed by atoms with E-state index in [1.165, 1.54) is 0 Å². The molecule has 0 amide bonds. The number of hydrogen-bond donors (Lipinski definition) is 1. The monoisotopic (exact) mass is 286 g/mol. The molecule has 1 N–H and O–H groups in total. The first-order chi connectivity index (χ1) is 7.54. The molecule has 1 unspecified atom stereocenters. The summed E-state index contributed by atoms with van der Waals surface area (Å²) in [5.74, 6) is 1.19. The highest BCUT2D eigenvalue weighted by Gasteiger charge is 2.11. The van der Waals surface area contributed by atoms with Crippen LogP contribution in [0.2, 0.25) is 0 Å². The smallest absolute Gasteiger partial charge is 0.122 e. The molecule has 2 nitrogen and oxygen atoms in total. The summed E-state index contributed by atoms with van der Waals surface area (Å²) in [6.07, 6.45) is 1.36. The number of aliphatic hydroxyl groups excluding tert-OH is 1. The second kappa shape index (κ2) is 6.26. The van der Waals surface area contributed by atoms with Gasteiger partial charge < -0.3 is 9.84 Å². The van der Waals surface area contributed by atoms with Crippen LogP contribution in [0.4, 0.5) is 0 Å². The molecule has 0 aliphatic heterocycles. The van der Waals surface area contributed by atoms with E-state index < -0.39 is 0 Å². The second-order valence-corrected chi connectivity index (χ2v) is 5.22. The Labute approximate surface area is 106 Å². The Kier molecular flexibility index (Phi) is 5.29. The number of halogens is 1. The van der Waals surface area contributed by atoms with E-state index in [2.05, 4.69) is 15.9 Å². The van der Waals surface area contributed by atoms with Crippen LogP contribution in [-0.4, -0.2) is 18.3 Å². The molecule has 0 aliphatic rings. The number of benzene rings is 1. The summed E-state index contributed by atoms with van der Waals surface area (Å²) < 4.78 is 6.33. The highest BCUT2D eigenvalue weighted by molar-refractivity contribution is 9.10. The van der Waals surface area contributed by atoms with Gasteiger partial charge in [0, 0.05) is 4.47 Å². The Morgan fingerprint density at radius 2 is 2.06 bits per heavy atom. The van der Waals surface area contributed by atoms with E-state index in [-0.39, 0.29) is 6.10 Å². The molecule has 0 heterocycles. The van der Waals surface area contributed by atoms with Gasteiger partial charge in [-0.25, -0.2) is 0 Å². The van der Waals surface area contributed by atoms with Crippen molar-refractivity contribution in [1.82, 2.24) is 0 Å². The average molecular weight is 287 g/mol. The van der Waals surface area contributed by atoms with E-state index in [9.17, 15) is 5.11 Å². The Morgan fingerprint density at radius 1 is 1.38 bits per heavy atom. The topological polar surface area (TPSA) is 29.5 Å². The summed E-state index contributed by atoms with van der Waals surface area (Å²) in [6, 6.07) is 5.95. The van der Waals surface area contributed by atoms with Gasteiger partial charge in [0.05, 0.1) is 13.2 Å². The normalized spacial score (nSPS) is 12.9. The van der Waals surface area contributed by atoms with Crippen molar-refractivity contribution in [2.24, 2.45) is 5.92 Å². The highest BCUT2D eigenvalue weighted by Crippen LogP contribution is 2.25. The van der Waals surface area contributed by atoms with Crippen LogP contribution in [0.3, 0.4) is 0 Å². The molecule has 1 atom stereocenters. The zero-order valence-electron chi connectivity index (χ0n) is 10.0. The minimum absolute atomic E-state index is 0.247. The molecule has 3 heteroatoms. The second-order valence-electron chi connectivity index (χ2n) is 4.31. The van der Waals surface area contributed by atoms with E-state index in [0.717, 1.165) is 28.6 Å². The van der Waals surface area contributed by atoms with Crippen molar-refractivity contribution in [2.45, 2.75) is 32.8 Å². The third-order valence-corrected chi connectivity index (χ3v) is 3.21. The Hall–Kier alpha value is -0.540. The molecule has 1 rings (SSSR count). The highest BCUT2D eigenvalue weighted by atomic mass is 79.9. The molecule has 16 heavy (non-hydrogen) atoms. The van der Waals surface area contributed by atoms with E-state index >= 15 is 0 Å². The molecule has 90 valence electrons. The van der Waals surface area contributed by atoms with Gasteiger partial charge in [0.1, 0.15) is 5.75 Å². The summed E-state index contributed by atoms with van der Waals surface area (Å²) in [5.41, 5.74) is 1.14. The lowest BCUT2D eigenvalue weighted by molar-refractivity contribution is 0.116. The van der Waals surface area contributed by atoms with Crippen LogP contribution < -0.4 is 4.74 Å². The van der Waals surface area contributed by atoms with Gasteiger partial charge in [-0.05, 0) is 42.5 Å². The molecule has 1 aromatic carbocycles. The van der Waals surface area contributed by atoms with E-state index in [4.69, 9.17) is 4.74 Å². The first-order valence-electron chi connectivity index (χ1n) is 5.55. The maximum absolute atomic E-state index is 9.77. The molecule has 0 aliphatic carbocycles. The van der Waals surface area contributed by atoms with Gasteiger partial charge in [0.15, 0.2) is 0 Å². The lowest BCUT2D eigenvalue weighted by Crippen LogP contribution is -2.15. The molecular formula is C13H19BrO2. The van der Waals surface area contributed by atoms with Crippen LogP contribution in [0.5, 0.6) is 5.75 Å². The maximum Gasteiger partial charge on any atom is 0.122 e. The minimum atomic E-state index is -0.247. The standard InChI is InChI=1S/C13H19BrO2/c1-9(2)12(15)6-4-10-8-11(14)5-7-13(10)16-3/h5,7-9,12,15H,4,6H2,1-3H3. The predicted molar refractivity (Wildman–Crippen MR) is 69.9 cm³/mol. The molecule has 0 saturated carbocycles. The van der Waals surface area contributed by atoms with Gasteiger partial charge in [-0.15, -0.1) is 0 Å². The van der Waals surface area contributed by atoms with Gasteiger partial charge in [-0.2, -0.15) is 0 Å². The molecule has 0 radical (unpaired) electrons. The zero-order valence-corrected chi connectivity index (χ0v) is 11.6. The number of aryl methyl sites for hydroxylation is 1. The fourth-order valence-corrected chi connectivity index (χ4v) is 1.99. The first kappa shape index (κ1) is 13.5. The van der Waals surface area contributed by atoms with Crippen LogP contribution >= 0.6 is 15.9 Å². The van der Waals surface area contributed by atoms with Crippen molar-refractivity contribution in [3.8, 4) is 5.75 Å². The predicted octanol–water partition coefficient (Wildman–Crippen LogP) is 3.41. The quantitative estimate of drug-likeness (QED) is 0.899. The molecule has 0 spiro atoms. The third-order valence-electron chi connectivity index (χ3n) is 2.72. The summed E-state index contributed by atoms with van der Waals surface area (Å²) in [6.45, 7) is 4.06. The van der Waals surface area contributed by atoms with Crippen LogP contribution in [0.1, 0.15) is 25.8 Å². The number of rotatable bonds is 5. The summed E-state index contributed by atoms with van der Waals surface area (Å²) >= 11 is 3.44. The summed E-state index contributed by atoms with van der Waals surface area (Å²) in [5, 5.41) is 9.77. The largest absolute Gasteiger partial charge is 0.496 e. The Balaban J connectivity index is 2.68. The lowest BCUT2D eigenvalue weighted by atomic mass is 9.99. The van der Waals surface area contributed by atoms with Crippen molar-refractivity contribution < 1.29 is 9.84 Å². The van der Waals surface area contributed by atoms with E-state index in [1.807, 2.05) is 32.0 Å². The molecule has 0 fully saturated rings. The number of hydrogen-bond acceptors (Lipinski definition) is 2. The fourth-order valence-electron chi connectivity index (χ4n) is 1.58. The van der Waals surface area contributed by atoms with E-state index in [1.54, 1.807) is 7.11 Å². The van der Waals surface area contributed by atoms with Crippen LogP contribution in [-0.2, 0) is 6.42 Å². The van der Waals surface area contributed by atoms with Crippen molar-refractivity contribution in [1.29, 1.82) is 0 Å². The molecular weight excluding hydrogens is 268 g/mol. The summed E-state index contributed by atoms with van der Waals surface area (Å²) in [4.78, 5) is 0. The molecule has 1 aromatic rings. The Bertz CT molecular complexity index is 337. The number of aliphatic hydroxyl groups is 1. The van der Waals surface area contributed by atoms with Crippen molar-refractivity contribution >= 4 is 15.9 Å². The minimum Gasteiger partial charge on any atom is -0.496 e. The van der Waals surface area contributed by atoms with Crippen molar-refractivity contribution in [3.63, 3.8) is 0 Å². The zero-order chi connectivity index (χ0) is 12.1. The van der Waals surface area contributed by atoms with Crippen molar-refractivity contribution in [3.05, 3.63) is 28.2 Å². The van der Waals surface area contributed by atoms with Gasteiger partial charge in [0.25, 0.3) is 0 Å². The van der Waals surface area contributed by atoms with Gasteiger partial charge in [-0.3, -0.25) is 0 Å². The lowest BCUT2D eigenvalue weighted by Gasteiger charge is -2.15. The van der Waals surface area contributed by atoms with Crippen LogP contribution in [0, 0.1) is 5.92 Å². The van der Waals surface area contributed by atoms with Crippen molar-refractivity contribution in [2.75, 3.05) is 7.11 Å². The molecule has 0 aromatic heterocycles. The van der Waals surface area contributed by atoms with Crippen LogP contribution in [0.25, 0.3) is 0 Å². The SMILES string of the molecule is COc1ccc(Br)cc1CCC(O)C(C)C. The van der Waals surface area contributed by atoms with Crippen LogP contribution in [0.15, 0.2) is 22.7 Å². The first-order valence-corrected chi connectivity index (χ1v) is 6.34. The molecule has 0 saturated heterocycles. The summed E-state index contributed by atoms with van der Waals surface area (Å²) in [7, 11) is 1.67. The van der Waals surface area contributed by atoms with E-state index in [0.29, 0.717) is 5.92 Å². The Morgan fingerprint density at radius 3 is 2.62 bits per heavy atom. The third kappa shape index (κ3) is 3.80. The molecule has 0 bridgehead atoms. The maximum atomic E-state index is 9.77. The number of methoxy groups -OCH3 is 1. The average Bonchev–Trinajstić information content (AvgIpc) is 2.25. The fraction of sp³-hybridized carbons (Fsp3) is 0.538.